The Kier molecular flexibility index (Phi) is 2.07. The smallest absolute Gasteiger partial charge is 0.0582 e. The second-order valence-electron chi connectivity index (χ2n) is 2.67. The van der Waals surface area contributed by atoms with Gasteiger partial charge in [-0.05, 0) is 35.4 Å². The van der Waals surface area contributed by atoms with Crippen molar-refractivity contribution in [2.75, 3.05) is 0 Å². The van der Waals surface area contributed by atoms with Crippen LogP contribution in [0.5, 0.6) is 0 Å². The molecule has 12 heavy (non-hydrogen) atoms. The van der Waals surface area contributed by atoms with Crippen LogP contribution in [-0.2, 0) is 0 Å². The van der Waals surface area contributed by atoms with E-state index in [1.807, 2.05) is 13.0 Å². The standard InChI is InChI=1S/C9H7ClS2/c1-5-8(10)7(11)4-6-2-3-12-9(5)6/h2-4,11H,1H3. The number of thiol groups is 1. The molecule has 62 valence electrons. The lowest BCUT2D eigenvalue weighted by Gasteiger charge is -2.02. The Morgan fingerprint density at radius 3 is 3.00 bits per heavy atom. The van der Waals surface area contributed by atoms with E-state index < -0.39 is 0 Å². The number of benzene rings is 1. The predicted octanol–water partition coefficient (Wildman–Crippen LogP) is 4.15. The molecule has 0 radical (unpaired) electrons. The van der Waals surface area contributed by atoms with Crippen molar-refractivity contribution >= 4 is 45.7 Å². The van der Waals surface area contributed by atoms with E-state index in [4.69, 9.17) is 11.6 Å². The van der Waals surface area contributed by atoms with Crippen LogP contribution in [0.3, 0.4) is 0 Å². The number of hydrogen-bond donors (Lipinski definition) is 1. The third-order valence-electron chi connectivity index (χ3n) is 1.88. The number of aryl methyl sites for hydroxylation is 1. The molecule has 1 aromatic heterocycles. The van der Waals surface area contributed by atoms with Crippen molar-refractivity contribution in [2.24, 2.45) is 0 Å². The van der Waals surface area contributed by atoms with Crippen molar-refractivity contribution in [1.29, 1.82) is 0 Å². The van der Waals surface area contributed by atoms with Crippen LogP contribution in [0.25, 0.3) is 10.1 Å². The van der Waals surface area contributed by atoms with E-state index >= 15 is 0 Å². The summed E-state index contributed by atoms with van der Waals surface area (Å²) in [5.41, 5.74) is 1.13. The summed E-state index contributed by atoms with van der Waals surface area (Å²) in [6.45, 7) is 2.03. The summed E-state index contributed by atoms with van der Waals surface area (Å²) in [4.78, 5) is 0.861. The zero-order valence-corrected chi connectivity index (χ0v) is 8.93. The van der Waals surface area contributed by atoms with Gasteiger partial charge in [-0.1, -0.05) is 11.6 Å². The van der Waals surface area contributed by atoms with Crippen LogP contribution in [-0.4, -0.2) is 0 Å². The SMILES string of the molecule is Cc1c(Cl)c(S)cc2ccsc12. The van der Waals surface area contributed by atoms with Crippen molar-refractivity contribution in [3.8, 4) is 0 Å². The van der Waals surface area contributed by atoms with Gasteiger partial charge in [-0.3, -0.25) is 0 Å². The van der Waals surface area contributed by atoms with Crippen LogP contribution < -0.4 is 0 Å². The molecule has 0 fully saturated rings. The molecule has 0 spiro atoms. The Morgan fingerprint density at radius 1 is 1.50 bits per heavy atom. The second kappa shape index (κ2) is 2.95. The lowest BCUT2D eigenvalue weighted by atomic mass is 10.2. The van der Waals surface area contributed by atoms with Crippen LogP contribution in [0.1, 0.15) is 5.56 Å². The first-order valence-corrected chi connectivity index (χ1v) is 5.26. The summed E-state index contributed by atoms with van der Waals surface area (Å²) in [6.07, 6.45) is 0. The molecule has 1 heterocycles. The molecule has 0 bridgehead atoms. The van der Waals surface area contributed by atoms with E-state index in [9.17, 15) is 0 Å². The molecule has 0 N–H and O–H groups in total. The van der Waals surface area contributed by atoms with Crippen LogP contribution in [0.2, 0.25) is 5.02 Å². The highest BCUT2D eigenvalue weighted by Crippen LogP contribution is 2.34. The molecule has 1 aromatic carbocycles. The van der Waals surface area contributed by atoms with Gasteiger partial charge in [0.2, 0.25) is 0 Å². The lowest BCUT2D eigenvalue weighted by molar-refractivity contribution is 1.43. The molecule has 2 aromatic rings. The highest BCUT2D eigenvalue weighted by molar-refractivity contribution is 7.80. The number of rotatable bonds is 0. The Morgan fingerprint density at radius 2 is 2.25 bits per heavy atom. The molecule has 0 aliphatic rings. The molecule has 3 heteroatoms. The maximum absolute atomic E-state index is 6.04. The first kappa shape index (κ1) is 8.42. The molecular formula is C9H7ClS2. The molecular weight excluding hydrogens is 208 g/mol. The molecule has 0 aliphatic heterocycles. The van der Waals surface area contributed by atoms with Crippen LogP contribution >= 0.6 is 35.6 Å². The normalized spacial score (nSPS) is 10.9. The predicted molar refractivity (Wildman–Crippen MR) is 58.8 cm³/mol. The summed E-state index contributed by atoms with van der Waals surface area (Å²) < 4.78 is 1.26. The van der Waals surface area contributed by atoms with Gasteiger partial charge >= 0.3 is 0 Å². The molecule has 0 saturated heterocycles. The zero-order valence-electron chi connectivity index (χ0n) is 6.47. The van der Waals surface area contributed by atoms with E-state index in [1.165, 1.54) is 10.1 Å². The van der Waals surface area contributed by atoms with Gasteiger partial charge in [0, 0.05) is 9.60 Å². The van der Waals surface area contributed by atoms with Crippen LogP contribution in [0.4, 0.5) is 0 Å². The molecule has 0 aliphatic carbocycles. The minimum atomic E-state index is 0.772. The number of halogens is 1. The molecule has 2 rings (SSSR count). The van der Waals surface area contributed by atoms with Gasteiger partial charge in [0.1, 0.15) is 0 Å². The van der Waals surface area contributed by atoms with Crippen molar-refractivity contribution < 1.29 is 0 Å². The van der Waals surface area contributed by atoms with E-state index in [1.54, 1.807) is 11.3 Å². The van der Waals surface area contributed by atoms with E-state index in [0.29, 0.717) is 0 Å². The summed E-state index contributed by atoms with van der Waals surface area (Å²) in [5.74, 6) is 0. The van der Waals surface area contributed by atoms with Gasteiger partial charge in [0.15, 0.2) is 0 Å². The van der Waals surface area contributed by atoms with Gasteiger partial charge < -0.3 is 0 Å². The van der Waals surface area contributed by atoms with Crippen molar-refractivity contribution in [3.63, 3.8) is 0 Å². The van der Waals surface area contributed by atoms with Gasteiger partial charge in [0.25, 0.3) is 0 Å². The quantitative estimate of drug-likeness (QED) is 0.626. The number of fused-ring (bicyclic) bond motifs is 1. The van der Waals surface area contributed by atoms with Gasteiger partial charge in [-0.25, -0.2) is 0 Å². The van der Waals surface area contributed by atoms with E-state index in [2.05, 4.69) is 24.1 Å². The Balaban J connectivity index is 2.94. The fourth-order valence-corrected chi connectivity index (χ4v) is 2.64. The second-order valence-corrected chi connectivity index (χ2v) is 4.45. The summed E-state index contributed by atoms with van der Waals surface area (Å²) >= 11 is 12.1. The topological polar surface area (TPSA) is 0 Å². The Labute approximate surface area is 85.6 Å². The number of hydrogen-bond acceptors (Lipinski definition) is 2. The molecule has 0 saturated carbocycles. The summed E-state index contributed by atoms with van der Waals surface area (Å²) in [5, 5.41) is 4.07. The maximum atomic E-state index is 6.04. The van der Waals surface area contributed by atoms with Crippen molar-refractivity contribution in [3.05, 3.63) is 28.1 Å². The van der Waals surface area contributed by atoms with E-state index in [-0.39, 0.29) is 0 Å². The maximum Gasteiger partial charge on any atom is 0.0582 e. The fraction of sp³-hybridized carbons (Fsp3) is 0.111. The first-order valence-electron chi connectivity index (χ1n) is 3.55. The Bertz CT molecular complexity index is 431. The van der Waals surface area contributed by atoms with E-state index in [0.717, 1.165) is 15.5 Å². The highest BCUT2D eigenvalue weighted by Gasteiger charge is 2.06. The van der Waals surface area contributed by atoms with Crippen molar-refractivity contribution in [1.82, 2.24) is 0 Å². The molecule has 0 atom stereocenters. The van der Waals surface area contributed by atoms with Crippen molar-refractivity contribution in [2.45, 2.75) is 11.8 Å². The first-order chi connectivity index (χ1) is 5.70. The molecule has 0 nitrogen and oxygen atoms in total. The van der Waals surface area contributed by atoms with Crippen LogP contribution in [0.15, 0.2) is 22.4 Å². The highest BCUT2D eigenvalue weighted by atomic mass is 35.5. The van der Waals surface area contributed by atoms with Gasteiger partial charge in [0.05, 0.1) is 5.02 Å². The minimum Gasteiger partial charge on any atom is -0.143 e. The Hall–Kier alpha value is -0.180. The van der Waals surface area contributed by atoms with Crippen LogP contribution in [0, 0.1) is 6.92 Å². The minimum absolute atomic E-state index is 0.772. The van der Waals surface area contributed by atoms with Gasteiger partial charge in [-0.15, -0.1) is 24.0 Å². The molecule has 0 unspecified atom stereocenters. The average Bonchev–Trinajstić information content (AvgIpc) is 2.48. The fourth-order valence-electron chi connectivity index (χ4n) is 1.24. The summed E-state index contributed by atoms with van der Waals surface area (Å²) in [7, 11) is 0. The lowest BCUT2D eigenvalue weighted by Crippen LogP contribution is -1.77. The zero-order chi connectivity index (χ0) is 8.72. The largest absolute Gasteiger partial charge is 0.143 e. The third kappa shape index (κ3) is 1.15. The molecule has 0 amide bonds. The number of thiophene rings is 1. The third-order valence-corrected chi connectivity index (χ3v) is 3.90. The average molecular weight is 215 g/mol. The summed E-state index contributed by atoms with van der Waals surface area (Å²) in [6, 6.07) is 4.09. The monoisotopic (exact) mass is 214 g/mol. The van der Waals surface area contributed by atoms with Gasteiger partial charge in [-0.2, -0.15) is 0 Å².